The second kappa shape index (κ2) is 19.1. The van der Waals surface area contributed by atoms with Crippen molar-refractivity contribution in [3.05, 3.63) is 189 Å². The number of aromatic nitrogens is 4. The van der Waals surface area contributed by atoms with Gasteiger partial charge in [-0.1, -0.05) is 84.9 Å². The third-order valence-corrected chi connectivity index (χ3v) is 12.0. The van der Waals surface area contributed by atoms with E-state index in [9.17, 15) is 22.2 Å². The number of aryl methyl sites for hydroxylation is 2. The number of fused-ring (bicyclic) bond motifs is 2. The Bertz CT molecular complexity index is 3110. The Morgan fingerprint density at radius 1 is 0.603 bits per heavy atom. The molecule has 63 heavy (non-hydrogen) atoms. The van der Waals surface area contributed by atoms with Crippen molar-refractivity contribution in [3.8, 4) is 22.5 Å². The number of benzene rings is 4. The first-order valence-corrected chi connectivity index (χ1v) is 23.9. The van der Waals surface area contributed by atoms with Crippen molar-refractivity contribution >= 4 is 43.6 Å². The predicted octanol–water partition coefficient (Wildman–Crippen LogP) is 8.80. The monoisotopic (exact) mass is 880 g/mol. The van der Waals surface area contributed by atoms with Crippen LogP contribution in [0.5, 0.6) is 0 Å². The van der Waals surface area contributed by atoms with Gasteiger partial charge in [-0.2, -0.15) is 10.2 Å². The fraction of sp³-hybridized carbons (Fsp3) is 0.200. The van der Waals surface area contributed by atoms with Crippen molar-refractivity contribution in [3.63, 3.8) is 0 Å². The summed E-state index contributed by atoms with van der Waals surface area (Å²) < 4.78 is 49.2. The van der Waals surface area contributed by atoms with Crippen molar-refractivity contribution in [1.82, 2.24) is 19.2 Å². The normalized spacial score (nSPS) is 11.8. The smallest absolute Gasteiger partial charge is 0.337 e. The van der Waals surface area contributed by atoms with Gasteiger partial charge < -0.3 is 9.47 Å². The van der Waals surface area contributed by atoms with Gasteiger partial charge >= 0.3 is 11.9 Å². The number of rotatable bonds is 12. The summed E-state index contributed by atoms with van der Waals surface area (Å²) in [5.41, 5.74) is 14.1. The van der Waals surface area contributed by atoms with E-state index >= 15 is 0 Å². The summed E-state index contributed by atoms with van der Waals surface area (Å²) in [6, 6.07) is 39.0. The number of nitrogens with zero attached hydrogens (tertiary/aromatic N) is 4. The van der Waals surface area contributed by atoms with Crippen LogP contribution in [-0.2, 0) is 54.5 Å². The Labute approximate surface area is 369 Å². The number of methoxy groups -OCH3 is 2. The predicted molar refractivity (Wildman–Crippen MR) is 248 cm³/mol. The number of sulfone groups is 1. The molecule has 0 aliphatic heterocycles. The summed E-state index contributed by atoms with van der Waals surface area (Å²) in [6.45, 7) is 4.06. The molecule has 4 heterocycles. The zero-order valence-corrected chi connectivity index (χ0v) is 37.6. The van der Waals surface area contributed by atoms with E-state index < -0.39 is 32.6 Å². The van der Waals surface area contributed by atoms with Crippen molar-refractivity contribution < 1.29 is 31.7 Å². The third kappa shape index (κ3) is 10.9. The maximum Gasteiger partial charge on any atom is 0.337 e. The van der Waals surface area contributed by atoms with E-state index in [1.165, 1.54) is 20.5 Å². The number of hydrogen-bond acceptors (Lipinski definition) is 9. The molecule has 8 aromatic rings. The molecule has 0 amide bonds. The summed E-state index contributed by atoms with van der Waals surface area (Å²) in [4.78, 5) is 24.5. The lowest BCUT2D eigenvalue weighted by atomic mass is 9.97. The lowest BCUT2D eigenvalue weighted by Gasteiger charge is -2.10. The highest BCUT2D eigenvalue weighted by Gasteiger charge is 2.20. The van der Waals surface area contributed by atoms with Gasteiger partial charge in [0.05, 0.1) is 53.5 Å². The molecule has 0 saturated carbocycles. The van der Waals surface area contributed by atoms with Crippen LogP contribution in [0.25, 0.3) is 33.5 Å². The van der Waals surface area contributed by atoms with Crippen molar-refractivity contribution in [2.45, 2.75) is 38.2 Å². The van der Waals surface area contributed by atoms with Crippen LogP contribution >= 0.6 is 0 Å². The van der Waals surface area contributed by atoms with Gasteiger partial charge in [-0.3, -0.25) is 4.21 Å². The molecular formula is C50H48N4O7S2. The fourth-order valence-corrected chi connectivity index (χ4v) is 9.13. The first-order chi connectivity index (χ1) is 30.2. The molecule has 0 radical (unpaired) electrons. The Balaban J connectivity index is 0.000000189. The first kappa shape index (κ1) is 44.4. The second-order valence-corrected chi connectivity index (χ2v) is 19.2. The van der Waals surface area contributed by atoms with Crippen LogP contribution < -0.4 is 0 Å². The molecule has 0 aliphatic carbocycles. The second-order valence-electron chi connectivity index (χ2n) is 15.7. The highest BCUT2D eigenvalue weighted by molar-refractivity contribution is 7.89. The highest BCUT2D eigenvalue weighted by atomic mass is 32.2. The topological polar surface area (TPSA) is 138 Å². The number of ether oxygens (including phenoxy) is 2. The number of hydrogen-bond donors (Lipinski definition) is 0. The largest absolute Gasteiger partial charge is 0.465 e. The molecule has 0 spiro atoms. The molecule has 0 bridgehead atoms. The third-order valence-electron chi connectivity index (χ3n) is 10.4. The lowest BCUT2D eigenvalue weighted by molar-refractivity contribution is 0.0591. The Morgan fingerprint density at radius 2 is 1.02 bits per heavy atom. The minimum atomic E-state index is -3.26. The van der Waals surface area contributed by atoms with Gasteiger partial charge in [0.25, 0.3) is 0 Å². The summed E-state index contributed by atoms with van der Waals surface area (Å²) in [7, 11) is -1.60. The molecule has 322 valence electrons. The van der Waals surface area contributed by atoms with Crippen LogP contribution in [0, 0.1) is 13.8 Å². The zero-order valence-electron chi connectivity index (χ0n) is 36.0. The van der Waals surface area contributed by atoms with Crippen molar-refractivity contribution in [2.24, 2.45) is 0 Å². The quantitative estimate of drug-likeness (QED) is 0.110. The number of carbonyl (C=O) groups is 2. The van der Waals surface area contributed by atoms with E-state index in [-0.39, 0.29) is 5.75 Å². The average molecular weight is 881 g/mol. The van der Waals surface area contributed by atoms with Crippen LogP contribution in [-0.4, -0.2) is 70.5 Å². The Morgan fingerprint density at radius 3 is 1.43 bits per heavy atom. The highest BCUT2D eigenvalue weighted by Crippen LogP contribution is 2.31. The molecule has 0 N–H and O–H groups in total. The van der Waals surface area contributed by atoms with Crippen LogP contribution in [0.4, 0.5) is 0 Å². The molecule has 4 aromatic carbocycles. The van der Waals surface area contributed by atoms with Crippen LogP contribution in [0.3, 0.4) is 0 Å². The summed E-state index contributed by atoms with van der Waals surface area (Å²) in [5.74, 6) is -0.661. The van der Waals surface area contributed by atoms with Gasteiger partial charge in [-0.15, -0.1) is 0 Å². The van der Waals surface area contributed by atoms with E-state index in [1.807, 2.05) is 114 Å². The SMILES string of the molecule is COC(=O)c1cc(Cc2c(-c3ccccc3)nn3cc(C)ccc23)cc(CS(C)(=O)=O)c1.COC(=O)c1cc(Cc2c(-c3ccccc3)nn3cc(C)ccc23)cc(CS(C)=O)c1. The van der Waals surface area contributed by atoms with E-state index in [2.05, 4.69) is 24.3 Å². The van der Waals surface area contributed by atoms with Gasteiger partial charge in [-0.25, -0.2) is 27.0 Å². The van der Waals surface area contributed by atoms with E-state index in [4.69, 9.17) is 19.7 Å². The summed E-state index contributed by atoms with van der Waals surface area (Å²) in [6.07, 6.45) is 7.90. The van der Waals surface area contributed by atoms with Crippen LogP contribution in [0.1, 0.15) is 65.2 Å². The molecule has 0 saturated heterocycles. The van der Waals surface area contributed by atoms with Gasteiger partial charge in [0.1, 0.15) is 0 Å². The van der Waals surface area contributed by atoms with Crippen molar-refractivity contribution in [2.75, 3.05) is 26.7 Å². The fourth-order valence-electron chi connectivity index (χ4n) is 7.72. The minimum Gasteiger partial charge on any atom is -0.465 e. The average Bonchev–Trinajstić information content (AvgIpc) is 3.79. The first-order valence-electron chi connectivity index (χ1n) is 20.1. The lowest BCUT2D eigenvalue weighted by Crippen LogP contribution is -2.07. The number of pyridine rings is 2. The summed E-state index contributed by atoms with van der Waals surface area (Å²) in [5, 5.41) is 9.69. The van der Waals surface area contributed by atoms with E-state index in [0.29, 0.717) is 35.3 Å². The minimum absolute atomic E-state index is 0.148. The zero-order chi connectivity index (χ0) is 44.8. The Kier molecular flexibility index (Phi) is 13.5. The molecule has 4 aromatic heterocycles. The van der Waals surface area contributed by atoms with Gasteiger partial charge in [-0.05, 0) is 83.6 Å². The van der Waals surface area contributed by atoms with Crippen LogP contribution in [0.2, 0.25) is 0 Å². The van der Waals surface area contributed by atoms with Crippen molar-refractivity contribution in [1.29, 1.82) is 0 Å². The molecule has 0 fully saturated rings. The molecule has 0 aliphatic rings. The molecule has 11 nitrogen and oxygen atoms in total. The van der Waals surface area contributed by atoms with Crippen LogP contribution in [0.15, 0.2) is 134 Å². The molecular weight excluding hydrogens is 833 g/mol. The molecule has 1 atom stereocenters. The van der Waals surface area contributed by atoms with E-state index in [1.54, 1.807) is 24.5 Å². The molecule has 8 rings (SSSR count). The van der Waals surface area contributed by atoms with Gasteiger partial charge in [0.15, 0.2) is 9.84 Å². The van der Waals surface area contributed by atoms with Gasteiger partial charge in [0, 0.05) is 76.6 Å². The van der Waals surface area contributed by atoms with E-state index in [0.717, 1.165) is 72.5 Å². The number of carbonyl (C=O) groups excluding carboxylic acids is 2. The molecule has 1 unspecified atom stereocenters. The van der Waals surface area contributed by atoms with Gasteiger partial charge in [0.2, 0.25) is 0 Å². The Hall–Kier alpha value is -6.70. The maximum atomic E-state index is 12.2. The standard InChI is InChI=1S/C25H24N2O4S.C25H24N2O3S/c1-17-9-10-23-22(24(26-27(23)15-17)20-7-5-4-6-8-20)14-18-11-19(16-32(3,29)30)13-21(12-18)25(28)31-2;1-17-9-10-23-22(24(26-27(23)15-17)20-7-5-4-6-8-20)14-18-11-19(16-31(3)29)13-21(12-18)25(28)30-2/h4-13,15H,14,16H2,1-3H3;4-13,15H,14,16H2,1-3H3. The molecule has 13 heteroatoms. The number of esters is 2. The summed E-state index contributed by atoms with van der Waals surface area (Å²) >= 11 is 0. The maximum absolute atomic E-state index is 12.2.